The number of amides is 2. The highest BCUT2D eigenvalue weighted by molar-refractivity contribution is 7.91. The first kappa shape index (κ1) is 17.3. The van der Waals surface area contributed by atoms with E-state index < -0.39 is 21.7 Å². The molecular weight excluding hydrogens is 342 g/mol. The van der Waals surface area contributed by atoms with Crippen LogP contribution in [0.4, 0.5) is 0 Å². The van der Waals surface area contributed by atoms with Gasteiger partial charge in [-0.2, -0.15) is 0 Å². The van der Waals surface area contributed by atoms with E-state index in [1.54, 1.807) is 19.1 Å². The fraction of sp³-hybridized carbons (Fsp3) is 0.353. The standard InChI is InChI=1S/C17H19N3O4S/c1-11-8-14(13-4-2-3-5-15(13)18-11)17(22)20-19-16(21)9-12-6-7-25(23,24)10-12/h2-5,8,12H,6-7,9-10H2,1H3,(H,19,21)(H,20,22)/t12-/m1/s1. The van der Waals surface area contributed by atoms with Crippen LogP contribution in [0.25, 0.3) is 10.9 Å². The van der Waals surface area contributed by atoms with E-state index in [1.807, 2.05) is 18.2 Å². The van der Waals surface area contributed by atoms with Gasteiger partial charge in [-0.25, -0.2) is 8.42 Å². The number of fused-ring (bicyclic) bond motifs is 1. The maximum absolute atomic E-state index is 12.4. The molecule has 25 heavy (non-hydrogen) atoms. The Labute approximate surface area is 145 Å². The highest BCUT2D eigenvalue weighted by Crippen LogP contribution is 2.21. The number of hydrogen-bond donors (Lipinski definition) is 2. The summed E-state index contributed by atoms with van der Waals surface area (Å²) in [7, 11) is -3.02. The molecule has 0 bridgehead atoms. The summed E-state index contributed by atoms with van der Waals surface area (Å²) in [6.07, 6.45) is 0.563. The molecule has 1 saturated heterocycles. The molecule has 1 atom stereocenters. The SMILES string of the molecule is Cc1cc(C(=O)NNC(=O)C[C@H]2CCS(=O)(=O)C2)c2ccccc2n1. The van der Waals surface area contributed by atoms with Gasteiger partial charge >= 0.3 is 0 Å². The molecule has 0 aliphatic carbocycles. The molecule has 2 aromatic rings. The maximum atomic E-state index is 12.4. The maximum Gasteiger partial charge on any atom is 0.270 e. The Morgan fingerprint density at radius 2 is 2.00 bits per heavy atom. The number of carbonyl (C=O) groups is 2. The van der Waals surface area contributed by atoms with Crippen molar-refractivity contribution in [2.24, 2.45) is 5.92 Å². The molecule has 3 rings (SSSR count). The fourth-order valence-electron chi connectivity index (χ4n) is 3.04. The summed E-state index contributed by atoms with van der Waals surface area (Å²) in [6.45, 7) is 1.79. The van der Waals surface area contributed by atoms with Crippen molar-refractivity contribution in [3.05, 3.63) is 41.6 Å². The van der Waals surface area contributed by atoms with Crippen molar-refractivity contribution in [3.63, 3.8) is 0 Å². The lowest BCUT2D eigenvalue weighted by molar-refractivity contribution is -0.122. The zero-order chi connectivity index (χ0) is 18.0. The molecule has 7 nitrogen and oxygen atoms in total. The largest absolute Gasteiger partial charge is 0.273 e. The van der Waals surface area contributed by atoms with Crippen molar-refractivity contribution >= 4 is 32.6 Å². The first-order chi connectivity index (χ1) is 11.8. The molecule has 2 amide bonds. The number of hydrazine groups is 1. The third-order valence-corrected chi connectivity index (χ3v) is 6.04. The molecule has 0 spiro atoms. The van der Waals surface area contributed by atoms with Gasteiger partial charge in [0, 0.05) is 17.5 Å². The summed E-state index contributed by atoms with van der Waals surface area (Å²) in [5.41, 5.74) is 6.59. The van der Waals surface area contributed by atoms with Gasteiger partial charge in [-0.15, -0.1) is 0 Å². The van der Waals surface area contributed by atoms with E-state index in [0.717, 1.165) is 0 Å². The van der Waals surface area contributed by atoms with Gasteiger partial charge < -0.3 is 0 Å². The average Bonchev–Trinajstić information content (AvgIpc) is 2.90. The molecule has 1 aromatic carbocycles. The summed E-state index contributed by atoms with van der Waals surface area (Å²) in [5, 5.41) is 0.696. The Morgan fingerprint density at radius 3 is 2.72 bits per heavy atom. The number of rotatable bonds is 3. The van der Waals surface area contributed by atoms with Crippen molar-refractivity contribution < 1.29 is 18.0 Å². The topological polar surface area (TPSA) is 105 Å². The number of nitrogens with one attached hydrogen (secondary N) is 2. The van der Waals surface area contributed by atoms with Gasteiger partial charge in [0.05, 0.1) is 22.6 Å². The van der Waals surface area contributed by atoms with Gasteiger partial charge in [0.1, 0.15) is 0 Å². The van der Waals surface area contributed by atoms with E-state index in [4.69, 9.17) is 0 Å². The van der Waals surface area contributed by atoms with Crippen LogP contribution in [0, 0.1) is 12.8 Å². The van der Waals surface area contributed by atoms with E-state index in [0.29, 0.717) is 28.6 Å². The molecular formula is C17H19N3O4S. The van der Waals surface area contributed by atoms with Crippen LogP contribution in [0.3, 0.4) is 0 Å². The van der Waals surface area contributed by atoms with Crippen LogP contribution in [0.5, 0.6) is 0 Å². The second-order valence-corrected chi connectivity index (χ2v) is 8.53. The van der Waals surface area contributed by atoms with E-state index in [1.165, 1.54) is 0 Å². The van der Waals surface area contributed by atoms with Crippen LogP contribution in [-0.2, 0) is 14.6 Å². The van der Waals surface area contributed by atoms with Gasteiger partial charge in [0.2, 0.25) is 5.91 Å². The minimum atomic E-state index is -3.02. The van der Waals surface area contributed by atoms with Gasteiger partial charge in [0.25, 0.3) is 5.91 Å². The average molecular weight is 361 g/mol. The zero-order valence-electron chi connectivity index (χ0n) is 13.8. The zero-order valence-corrected chi connectivity index (χ0v) is 14.6. The Morgan fingerprint density at radius 1 is 1.24 bits per heavy atom. The molecule has 132 valence electrons. The molecule has 2 heterocycles. The second kappa shape index (κ2) is 6.79. The predicted molar refractivity (Wildman–Crippen MR) is 93.5 cm³/mol. The molecule has 8 heteroatoms. The van der Waals surface area contributed by atoms with Crippen molar-refractivity contribution in [1.29, 1.82) is 0 Å². The van der Waals surface area contributed by atoms with Gasteiger partial charge in [-0.05, 0) is 31.4 Å². The number of pyridine rings is 1. The van der Waals surface area contributed by atoms with Gasteiger partial charge in [-0.1, -0.05) is 18.2 Å². The minimum Gasteiger partial charge on any atom is -0.273 e. The first-order valence-electron chi connectivity index (χ1n) is 8.00. The molecule has 1 aliphatic rings. The fourth-order valence-corrected chi connectivity index (χ4v) is 4.90. The number of hydrogen-bond acceptors (Lipinski definition) is 5. The number of para-hydroxylation sites is 1. The van der Waals surface area contributed by atoms with Crippen molar-refractivity contribution in [1.82, 2.24) is 15.8 Å². The monoisotopic (exact) mass is 361 g/mol. The number of benzene rings is 1. The van der Waals surface area contributed by atoms with Crippen molar-refractivity contribution in [2.45, 2.75) is 19.8 Å². The first-order valence-corrected chi connectivity index (χ1v) is 9.82. The van der Waals surface area contributed by atoms with Crippen molar-refractivity contribution in [3.8, 4) is 0 Å². The highest BCUT2D eigenvalue weighted by Gasteiger charge is 2.29. The number of sulfone groups is 1. The summed E-state index contributed by atoms with van der Waals surface area (Å²) in [4.78, 5) is 28.7. The molecule has 2 N–H and O–H groups in total. The number of carbonyl (C=O) groups excluding carboxylic acids is 2. The summed E-state index contributed by atoms with van der Waals surface area (Å²) >= 11 is 0. The van der Waals surface area contributed by atoms with Crippen LogP contribution in [0.2, 0.25) is 0 Å². The second-order valence-electron chi connectivity index (χ2n) is 6.30. The van der Waals surface area contributed by atoms with E-state index in [2.05, 4.69) is 15.8 Å². The molecule has 1 aliphatic heterocycles. The molecule has 0 radical (unpaired) electrons. The Kier molecular flexibility index (Phi) is 4.71. The van der Waals surface area contributed by atoms with Crippen LogP contribution in [0.1, 0.15) is 28.9 Å². The van der Waals surface area contributed by atoms with E-state index >= 15 is 0 Å². The predicted octanol–water partition coefficient (Wildman–Crippen LogP) is 1.13. The lowest BCUT2D eigenvalue weighted by Gasteiger charge is -2.11. The summed E-state index contributed by atoms with van der Waals surface area (Å²) in [5.74, 6) is -0.868. The van der Waals surface area contributed by atoms with Crippen LogP contribution < -0.4 is 10.9 Å². The normalized spacial score (nSPS) is 18.8. The smallest absolute Gasteiger partial charge is 0.270 e. The van der Waals surface area contributed by atoms with E-state index in [-0.39, 0.29) is 23.8 Å². The Hall–Kier alpha value is -2.48. The minimum absolute atomic E-state index is 0.0303. The van der Waals surface area contributed by atoms with Crippen LogP contribution in [-0.4, -0.2) is 36.7 Å². The summed E-state index contributed by atoms with van der Waals surface area (Å²) < 4.78 is 22.8. The lowest BCUT2D eigenvalue weighted by atomic mass is 10.1. The molecule has 1 aromatic heterocycles. The number of aromatic nitrogens is 1. The lowest BCUT2D eigenvalue weighted by Crippen LogP contribution is -2.42. The molecule has 0 unspecified atom stereocenters. The third-order valence-electron chi connectivity index (χ3n) is 4.21. The number of nitrogens with zero attached hydrogens (tertiary/aromatic N) is 1. The van der Waals surface area contributed by atoms with E-state index in [9.17, 15) is 18.0 Å². The van der Waals surface area contributed by atoms with Gasteiger partial charge in [0.15, 0.2) is 9.84 Å². The van der Waals surface area contributed by atoms with Crippen LogP contribution in [0.15, 0.2) is 30.3 Å². The third kappa shape index (κ3) is 4.14. The highest BCUT2D eigenvalue weighted by atomic mass is 32.2. The Balaban J connectivity index is 1.64. The van der Waals surface area contributed by atoms with Crippen LogP contribution >= 0.6 is 0 Å². The van der Waals surface area contributed by atoms with Gasteiger partial charge in [-0.3, -0.25) is 25.4 Å². The molecule has 0 saturated carbocycles. The molecule has 1 fully saturated rings. The summed E-state index contributed by atoms with van der Waals surface area (Å²) in [6, 6.07) is 8.93. The quantitative estimate of drug-likeness (QED) is 0.797. The Bertz CT molecular complexity index is 940. The van der Waals surface area contributed by atoms with Crippen molar-refractivity contribution in [2.75, 3.05) is 11.5 Å². The number of aryl methyl sites for hydroxylation is 1.